The molecular weight excluding hydrogens is 368 g/mol. The molecule has 6 nitrogen and oxygen atoms in total. The zero-order valence-electron chi connectivity index (χ0n) is 16.2. The van der Waals surface area contributed by atoms with Gasteiger partial charge in [-0.15, -0.1) is 0 Å². The average Bonchev–Trinajstić information content (AvgIpc) is 3.53. The highest BCUT2D eigenvalue weighted by Gasteiger charge is 2.25. The van der Waals surface area contributed by atoms with E-state index in [1.807, 2.05) is 54.6 Å². The molecule has 1 aliphatic carbocycles. The van der Waals surface area contributed by atoms with Gasteiger partial charge in [-0.25, -0.2) is 4.79 Å². The summed E-state index contributed by atoms with van der Waals surface area (Å²) < 4.78 is 5.34. The summed E-state index contributed by atoms with van der Waals surface area (Å²) in [6.45, 7) is -0.465. The van der Waals surface area contributed by atoms with Crippen LogP contribution in [0.3, 0.4) is 0 Å². The van der Waals surface area contributed by atoms with Crippen molar-refractivity contribution in [3.63, 3.8) is 0 Å². The van der Waals surface area contributed by atoms with Crippen molar-refractivity contribution in [3.05, 3.63) is 60.2 Å². The summed E-state index contributed by atoms with van der Waals surface area (Å²) in [5, 5.41) is 6.25. The maximum Gasteiger partial charge on any atom is 0.339 e. The number of hydrogen-bond acceptors (Lipinski definition) is 4. The van der Waals surface area contributed by atoms with Gasteiger partial charge in [-0.3, -0.25) is 9.59 Å². The summed E-state index contributed by atoms with van der Waals surface area (Å²) in [5.74, 6) is -1.18. The van der Waals surface area contributed by atoms with Crippen LogP contribution < -0.4 is 5.32 Å². The SMILES string of the molecule is CN(CC(=O)NC1CC1)C(=O)COC(=O)c1c2ccccc2cc2ccccc12. The number of likely N-dealkylation sites (N-methyl/N-ethyl adjacent to an activating group) is 1. The van der Waals surface area contributed by atoms with E-state index in [1.54, 1.807) is 0 Å². The molecule has 0 spiro atoms. The molecule has 0 bridgehead atoms. The number of hydrogen-bond donors (Lipinski definition) is 1. The van der Waals surface area contributed by atoms with Gasteiger partial charge in [0, 0.05) is 13.1 Å². The van der Waals surface area contributed by atoms with Gasteiger partial charge >= 0.3 is 5.97 Å². The lowest BCUT2D eigenvalue weighted by atomic mass is 9.97. The Bertz CT molecular complexity index is 1050. The number of fused-ring (bicyclic) bond motifs is 2. The Balaban J connectivity index is 1.49. The van der Waals surface area contributed by atoms with Crippen molar-refractivity contribution >= 4 is 39.3 Å². The first-order valence-corrected chi connectivity index (χ1v) is 9.64. The highest BCUT2D eigenvalue weighted by molar-refractivity contribution is 6.16. The maximum atomic E-state index is 12.9. The van der Waals surface area contributed by atoms with Crippen LogP contribution in [-0.2, 0) is 14.3 Å². The van der Waals surface area contributed by atoms with Crippen molar-refractivity contribution in [2.24, 2.45) is 0 Å². The number of nitrogens with zero attached hydrogens (tertiary/aromatic N) is 1. The second kappa shape index (κ2) is 7.91. The number of ether oxygens (including phenoxy) is 1. The third-order valence-corrected chi connectivity index (χ3v) is 5.05. The van der Waals surface area contributed by atoms with Gasteiger partial charge in [0.05, 0.1) is 12.1 Å². The first-order chi connectivity index (χ1) is 14.0. The van der Waals surface area contributed by atoms with Crippen molar-refractivity contribution in [2.75, 3.05) is 20.2 Å². The smallest absolute Gasteiger partial charge is 0.339 e. The van der Waals surface area contributed by atoms with Crippen LogP contribution in [0.2, 0.25) is 0 Å². The number of rotatable bonds is 6. The molecule has 1 N–H and O–H groups in total. The molecule has 2 amide bonds. The van der Waals surface area contributed by atoms with Gasteiger partial charge in [0.2, 0.25) is 5.91 Å². The second-order valence-corrected chi connectivity index (χ2v) is 7.36. The van der Waals surface area contributed by atoms with Crippen LogP contribution in [0.15, 0.2) is 54.6 Å². The molecule has 29 heavy (non-hydrogen) atoms. The first kappa shape index (κ1) is 18.9. The quantitative estimate of drug-likeness (QED) is 0.519. The van der Waals surface area contributed by atoms with Crippen LogP contribution in [0.25, 0.3) is 21.5 Å². The Morgan fingerprint density at radius 1 is 1.00 bits per heavy atom. The van der Waals surface area contributed by atoms with E-state index in [9.17, 15) is 14.4 Å². The summed E-state index contributed by atoms with van der Waals surface area (Å²) in [5.41, 5.74) is 0.445. The number of benzene rings is 3. The summed E-state index contributed by atoms with van der Waals surface area (Å²) in [4.78, 5) is 38.3. The monoisotopic (exact) mass is 390 g/mol. The lowest BCUT2D eigenvalue weighted by molar-refractivity contribution is -0.137. The Kier molecular flexibility index (Phi) is 5.16. The molecule has 4 rings (SSSR count). The molecule has 6 heteroatoms. The Labute approximate surface area is 168 Å². The molecule has 1 aliphatic rings. The standard InChI is InChI=1S/C23H22N2O4/c1-25(13-20(26)24-17-10-11-17)21(27)14-29-23(28)22-18-8-4-2-6-15(18)12-16-7-3-5-9-19(16)22/h2-9,12,17H,10-11,13-14H2,1H3,(H,24,26). The van der Waals surface area contributed by atoms with Gasteiger partial charge in [0.1, 0.15) is 0 Å². The van der Waals surface area contributed by atoms with E-state index in [1.165, 1.54) is 11.9 Å². The van der Waals surface area contributed by atoms with Gasteiger partial charge in [-0.05, 0) is 40.5 Å². The summed E-state index contributed by atoms with van der Waals surface area (Å²) >= 11 is 0. The second-order valence-electron chi connectivity index (χ2n) is 7.36. The van der Waals surface area contributed by atoms with Crippen LogP contribution in [0, 0.1) is 0 Å². The zero-order valence-corrected chi connectivity index (χ0v) is 16.2. The molecule has 0 aliphatic heterocycles. The molecule has 148 valence electrons. The van der Waals surface area contributed by atoms with E-state index in [2.05, 4.69) is 5.32 Å². The van der Waals surface area contributed by atoms with Crippen molar-refractivity contribution in [2.45, 2.75) is 18.9 Å². The summed E-state index contributed by atoms with van der Waals surface area (Å²) in [6.07, 6.45) is 1.97. The maximum absolute atomic E-state index is 12.9. The number of carbonyl (C=O) groups is 3. The van der Waals surface area contributed by atoms with Crippen molar-refractivity contribution < 1.29 is 19.1 Å². The normalized spacial score (nSPS) is 13.3. The number of esters is 1. The largest absolute Gasteiger partial charge is 0.452 e. The molecule has 0 saturated heterocycles. The van der Waals surface area contributed by atoms with E-state index < -0.39 is 18.5 Å². The molecule has 3 aromatic rings. The molecule has 0 unspecified atom stereocenters. The molecular formula is C23H22N2O4. The topological polar surface area (TPSA) is 75.7 Å². The lowest BCUT2D eigenvalue weighted by Crippen LogP contribution is -2.40. The average molecular weight is 390 g/mol. The van der Waals surface area contributed by atoms with E-state index in [0.29, 0.717) is 5.56 Å². The summed E-state index contributed by atoms with van der Waals surface area (Å²) in [6, 6.07) is 17.4. The molecule has 0 atom stereocenters. The van der Waals surface area contributed by atoms with Crippen LogP contribution in [0.5, 0.6) is 0 Å². The third kappa shape index (κ3) is 4.21. The van der Waals surface area contributed by atoms with Crippen molar-refractivity contribution in [1.29, 1.82) is 0 Å². The highest BCUT2D eigenvalue weighted by atomic mass is 16.5. The first-order valence-electron chi connectivity index (χ1n) is 9.64. The fourth-order valence-electron chi connectivity index (χ4n) is 3.35. The fraction of sp³-hybridized carbons (Fsp3) is 0.261. The Morgan fingerprint density at radius 2 is 1.59 bits per heavy atom. The van der Waals surface area contributed by atoms with Gasteiger partial charge in [-0.2, -0.15) is 0 Å². The minimum absolute atomic E-state index is 0.0515. The third-order valence-electron chi connectivity index (χ3n) is 5.05. The van der Waals surface area contributed by atoms with Crippen LogP contribution in [0.4, 0.5) is 0 Å². The minimum Gasteiger partial charge on any atom is -0.452 e. The predicted molar refractivity (Wildman–Crippen MR) is 111 cm³/mol. The number of amides is 2. The molecule has 0 aromatic heterocycles. The van der Waals surface area contributed by atoms with Crippen molar-refractivity contribution in [1.82, 2.24) is 10.2 Å². The van der Waals surface area contributed by atoms with Crippen LogP contribution in [-0.4, -0.2) is 48.9 Å². The lowest BCUT2D eigenvalue weighted by Gasteiger charge is -2.17. The van der Waals surface area contributed by atoms with Crippen LogP contribution >= 0.6 is 0 Å². The molecule has 0 heterocycles. The van der Waals surface area contributed by atoms with E-state index >= 15 is 0 Å². The van der Waals surface area contributed by atoms with Gasteiger partial charge in [0.15, 0.2) is 6.61 Å². The van der Waals surface area contributed by atoms with E-state index in [-0.39, 0.29) is 18.5 Å². The van der Waals surface area contributed by atoms with Gasteiger partial charge in [-0.1, -0.05) is 48.5 Å². The molecule has 1 fully saturated rings. The summed E-state index contributed by atoms with van der Waals surface area (Å²) in [7, 11) is 1.52. The fourth-order valence-corrected chi connectivity index (χ4v) is 3.35. The Morgan fingerprint density at radius 3 is 2.17 bits per heavy atom. The Hall–Kier alpha value is -3.41. The number of nitrogens with one attached hydrogen (secondary N) is 1. The van der Waals surface area contributed by atoms with E-state index in [0.717, 1.165) is 34.4 Å². The molecule has 0 radical (unpaired) electrons. The van der Waals surface area contributed by atoms with Crippen molar-refractivity contribution in [3.8, 4) is 0 Å². The number of carbonyl (C=O) groups excluding carboxylic acids is 3. The predicted octanol–water partition coefficient (Wildman–Crippen LogP) is 2.89. The van der Waals surface area contributed by atoms with Gasteiger partial charge < -0.3 is 15.0 Å². The van der Waals surface area contributed by atoms with Gasteiger partial charge in [0.25, 0.3) is 5.91 Å². The van der Waals surface area contributed by atoms with Crippen LogP contribution in [0.1, 0.15) is 23.2 Å². The molecule has 3 aromatic carbocycles. The molecule has 1 saturated carbocycles. The zero-order chi connectivity index (χ0) is 20.4. The minimum atomic E-state index is -0.554. The van der Waals surface area contributed by atoms with E-state index in [4.69, 9.17) is 4.74 Å². The highest BCUT2D eigenvalue weighted by Crippen LogP contribution is 2.29.